The average Bonchev–Trinajstić information content (AvgIpc) is 2.89. The van der Waals surface area contributed by atoms with E-state index in [1.54, 1.807) is 13.8 Å². The highest BCUT2D eigenvalue weighted by Crippen LogP contribution is 2.16. The monoisotopic (exact) mass is 272 g/mol. The van der Waals surface area contributed by atoms with Gasteiger partial charge in [-0.05, 0) is 39.7 Å². The molecule has 1 aromatic rings. The number of sulfonamides is 1. The van der Waals surface area contributed by atoms with E-state index in [0.717, 1.165) is 19.4 Å². The standard InChI is InChI=1S/C11H20N4O2S/c1-8-11(9(2)15-14-8)18(16,17)13-7-5-10-4-3-6-12-10/h10,12-13H,3-7H2,1-2H3,(H,14,15)/t10-/m1/s1. The van der Waals surface area contributed by atoms with Gasteiger partial charge < -0.3 is 5.32 Å². The lowest BCUT2D eigenvalue weighted by atomic mass is 10.2. The number of nitrogens with one attached hydrogen (secondary N) is 3. The fourth-order valence-corrected chi connectivity index (χ4v) is 3.79. The zero-order valence-electron chi connectivity index (χ0n) is 10.8. The first kappa shape index (κ1) is 13.5. The Morgan fingerprint density at radius 1 is 1.44 bits per heavy atom. The van der Waals surface area contributed by atoms with Gasteiger partial charge in [0.15, 0.2) is 0 Å². The first-order chi connectivity index (χ1) is 8.50. The average molecular weight is 272 g/mol. The number of hydrogen-bond acceptors (Lipinski definition) is 4. The van der Waals surface area contributed by atoms with Crippen molar-refractivity contribution in [3.8, 4) is 0 Å². The van der Waals surface area contributed by atoms with Gasteiger partial charge in [0.2, 0.25) is 10.0 Å². The Kier molecular flexibility index (Phi) is 4.04. The number of rotatable bonds is 5. The van der Waals surface area contributed by atoms with E-state index in [2.05, 4.69) is 20.2 Å². The minimum absolute atomic E-state index is 0.280. The number of H-pyrrole nitrogens is 1. The number of aryl methyl sites for hydroxylation is 2. The van der Waals surface area contributed by atoms with E-state index in [-0.39, 0.29) is 4.90 Å². The highest BCUT2D eigenvalue weighted by Gasteiger charge is 2.22. The van der Waals surface area contributed by atoms with Crippen molar-refractivity contribution >= 4 is 10.0 Å². The maximum Gasteiger partial charge on any atom is 0.244 e. The van der Waals surface area contributed by atoms with Gasteiger partial charge in [0.25, 0.3) is 0 Å². The molecule has 102 valence electrons. The lowest BCUT2D eigenvalue weighted by Crippen LogP contribution is -2.31. The molecule has 0 amide bonds. The van der Waals surface area contributed by atoms with Crippen LogP contribution in [0.15, 0.2) is 4.90 Å². The van der Waals surface area contributed by atoms with Crippen LogP contribution in [0.5, 0.6) is 0 Å². The summed E-state index contributed by atoms with van der Waals surface area (Å²) in [6.45, 7) is 4.91. The van der Waals surface area contributed by atoms with Crippen molar-refractivity contribution in [2.75, 3.05) is 13.1 Å². The Balaban J connectivity index is 1.95. The lowest BCUT2D eigenvalue weighted by molar-refractivity contribution is 0.539. The highest BCUT2D eigenvalue weighted by atomic mass is 32.2. The third-order valence-corrected chi connectivity index (χ3v) is 5.00. The molecule has 0 bridgehead atoms. The highest BCUT2D eigenvalue weighted by molar-refractivity contribution is 7.89. The van der Waals surface area contributed by atoms with Crippen LogP contribution in [0.3, 0.4) is 0 Å². The van der Waals surface area contributed by atoms with E-state index >= 15 is 0 Å². The summed E-state index contributed by atoms with van der Waals surface area (Å²) in [5.74, 6) is 0. The number of nitrogens with zero attached hydrogens (tertiary/aromatic N) is 1. The second kappa shape index (κ2) is 5.38. The summed E-state index contributed by atoms with van der Waals surface area (Å²) >= 11 is 0. The molecule has 1 atom stereocenters. The molecular formula is C11H20N4O2S. The minimum Gasteiger partial charge on any atom is -0.314 e. The maximum atomic E-state index is 12.1. The second-order valence-electron chi connectivity index (χ2n) is 4.74. The summed E-state index contributed by atoms with van der Waals surface area (Å²) in [4.78, 5) is 0.280. The Labute approximate surface area is 108 Å². The summed E-state index contributed by atoms with van der Waals surface area (Å²) in [6, 6.07) is 0.444. The molecule has 1 saturated heterocycles. The Morgan fingerprint density at radius 3 is 2.78 bits per heavy atom. The van der Waals surface area contributed by atoms with Crippen molar-refractivity contribution in [2.45, 2.75) is 44.0 Å². The van der Waals surface area contributed by atoms with Crippen LogP contribution in [-0.2, 0) is 10.0 Å². The largest absolute Gasteiger partial charge is 0.314 e. The molecule has 7 heteroatoms. The molecule has 3 N–H and O–H groups in total. The van der Waals surface area contributed by atoms with E-state index in [1.165, 1.54) is 6.42 Å². The first-order valence-electron chi connectivity index (χ1n) is 6.25. The fourth-order valence-electron chi connectivity index (χ4n) is 2.38. The van der Waals surface area contributed by atoms with Gasteiger partial charge in [-0.15, -0.1) is 0 Å². The molecule has 0 aromatic carbocycles. The van der Waals surface area contributed by atoms with Crippen LogP contribution in [0.4, 0.5) is 0 Å². The van der Waals surface area contributed by atoms with Crippen LogP contribution in [0.25, 0.3) is 0 Å². The van der Waals surface area contributed by atoms with Crippen molar-refractivity contribution in [3.63, 3.8) is 0 Å². The van der Waals surface area contributed by atoms with Crippen molar-refractivity contribution in [3.05, 3.63) is 11.4 Å². The zero-order chi connectivity index (χ0) is 13.2. The first-order valence-corrected chi connectivity index (χ1v) is 7.73. The van der Waals surface area contributed by atoms with Crippen molar-refractivity contribution in [2.24, 2.45) is 0 Å². The summed E-state index contributed by atoms with van der Waals surface area (Å²) < 4.78 is 26.9. The van der Waals surface area contributed by atoms with E-state index in [0.29, 0.717) is 24.0 Å². The minimum atomic E-state index is -3.44. The van der Waals surface area contributed by atoms with Crippen molar-refractivity contribution in [1.82, 2.24) is 20.2 Å². The maximum absolute atomic E-state index is 12.1. The molecule has 6 nitrogen and oxygen atoms in total. The van der Waals surface area contributed by atoms with Crippen LogP contribution >= 0.6 is 0 Å². The summed E-state index contributed by atoms with van der Waals surface area (Å²) in [6.07, 6.45) is 3.14. The molecule has 0 spiro atoms. The SMILES string of the molecule is Cc1n[nH]c(C)c1S(=O)(=O)NCC[C@H]1CCCN1. The van der Waals surface area contributed by atoms with Gasteiger partial charge in [-0.2, -0.15) is 5.10 Å². The Morgan fingerprint density at radius 2 is 2.22 bits per heavy atom. The van der Waals surface area contributed by atoms with Gasteiger partial charge in [0.1, 0.15) is 4.90 Å². The van der Waals surface area contributed by atoms with E-state index in [4.69, 9.17) is 0 Å². The van der Waals surface area contributed by atoms with Gasteiger partial charge in [0, 0.05) is 12.6 Å². The normalized spacial score (nSPS) is 20.4. The lowest BCUT2D eigenvalue weighted by Gasteiger charge is -2.11. The van der Waals surface area contributed by atoms with Gasteiger partial charge in [0.05, 0.1) is 11.4 Å². The van der Waals surface area contributed by atoms with Gasteiger partial charge >= 0.3 is 0 Å². The quantitative estimate of drug-likeness (QED) is 0.726. The second-order valence-corrected chi connectivity index (χ2v) is 6.45. The molecule has 0 radical (unpaired) electrons. The van der Waals surface area contributed by atoms with E-state index < -0.39 is 10.0 Å². The molecule has 1 aliphatic rings. The summed E-state index contributed by atoms with van der Waals surface area (Å²) in [5.41, 5.74) is 1.10. The smallest absolute Gasteiger partial charge is 0.244 e. The molecule has 2 heterocycles. The molecule has 0 unspecified atom stereocenters. The topological polar surface area (TPSA) is 86.9 Å². The van der Waals surface area contributed by atoms with E-state index in [1.807, 2.05) is 0 Å². The van der Waals surface area contributed by atoms with Crippen molar-refractivity contribution in [1.29, 1.82) is 0 Å². The fraction of sp³-hybridized carbons (Fsp3) is 0.727. The predicted molar refractivity (Wildman–Crippen MR) is 68.9 cm³/mol. The van der Waals surface area contributed by atoms with Crippen LogP contribution < -0.4 is 10.0 Å². The zero-order valence-corrected chi connectivity index (χ0v) is 11.6. The third kappa shape index (κ3) is 2.90. The van der Waals surface area contributed by atoms with Crippen molar-refractivity contribution < 1.29 is 8.42 Å². The van der Waals surface area contributed by atoms with Gasteiger partial charge in [-0.25, -0.2) is 13.1 Å². The van der Waals surface area contributed by atoms with Crippen LogP contribution in [0.2, 0.25) is 0 Å². The summed E-state index contributed by atoms with van der Waals surface area (Å²) in [5, 5.41) is 9.95. The predicted octanol–water partition coefficient (Wildman–Crippen LogP) is 0.447. The molecule has 0 aliphatic carbocycles. The number of aromatic nitrogens is 2. The van der Waals surface area contributed by atoms with Crippen LogP contribution in [-0.4, -0.2) is 37.7 Å². The van der Waals surface area contributed by atoms with E-state index in [9.17, 15) is 8.42 Å². The molecular weight excluding hydrogens is 252 g/mol. The van der Waals surface area contributed by atoms with Crippen LogP contribution in [0.1, 0.15) is 30.7 Å². The number of aromatic amines is 1. The van der Waals surface area contributed by atoms with Crippen LogP contribution in [0, 0.1) is 13.8 Å². The number of hydrogen-bond donors (Lipinski definition) is 3. The Hall–Kier alpha value is -0.920. The molecule has 0 saturated carbocycles. The van der Waals surface area contributed by atoms with Gasteiger partial charge in [-0.1, -0.05) is 0 Å². The molecule has 18 heavy (non-hydrogen) atoms. The molecule has 1 aromatic heterocycles. The molecule has 1 fully saturated rings. The molecule has 1 aliphatic heterocycles. The van der Waals surface area contributed by atoms with Gasteiger partial charge in [-0.3, -0.25) is 5.10 Å². The summed E-state index contributed by atoms with van der Waals surface area (Å²) in [7, 11) is -3.44. The molecule has 2 rings (SSSR count). The third-order valence-electron chi connectivity index (χ3n) is 3.28. The Bertz CT molecular complexity index is 484.